The summed E-state index contributed by atoms with van der Waals surface area (Å²) in [4.78, 5) is 21.7. The number of sulfonamides is 2. The molecule has 4 rings (SSSR count). The van der Waals surface area contributed by atoms with Crippen molar-refractivity contribution in [2.45, 2.75) is 17.2 Å². The van der Waals surface area contributed by atoms with Gasteiger partial charge in [-0.1, -0.05) is 42.5 Å². The number of nitro groups is 1. The van der Waals surface area contributed by atoms with Crippen molar-refractivity contribution >= 4 is 37.4 Å². The number of carboxylic acids is 1. The Morgan fingerprint density at radius 2 is 1.46 bits per heavy atom. The van der Waals surface area contributed by atoms with Crippen LogP contribution in [0.2, 0.25) is 0 Å². The quantitative estimate of drug-likeness (QED) is 0.156. The minimum atomic E-state index is -4.25. The van der Waals surface area contributed by atoms with E-state index in [9.17, 15) is 36.9 Å². The molecule has 0 aliphatic rings. The number of non-ortho nitro benzene ring substituents is 1. The molecule has 212 valence electrons. The van der Waals surface area contributed by atoms with Gasteiger partial charge in [0, 0.05) is 18.7 Å². The Labute approximate surface area is 235 Å². The van der Waals surface area contributed by atoms with E-state index in [0.717, 1.165) is 30.3 Å². The van der Waals surface area contributed by atoms with Crippen molar-refractivity contribution in [2.24, 2.45) is 0 Å². The number of carbonyl (C=O) groups is 1. The zero-order valence-electron chi connectivity index (χ0n) is 21.1. The van der Waals surface area contributed by atoms with Crippen molar-refractivity contribution in [3.05, 3.63) is 124 Å². The lowest BCUT2D eigenvalue weighted by atomic mass is 10.1. The number of aromatic carboxylic acids is 1. The first-order valence-electron chi connectivity index (χ1n) is 11.8. The van der Waals surface area contributed by atoms with Gasteiger partial charge in [-0.15, -0.1) is 0 Å². The number of benzene rings is 4. The van der Waals surface area contributed by atoms with Gasteiger partial charge < -0.3 is 9.84 Å². The highest BCUT2D eigenvalue weighted by Gasteiger charge is 2.20. The average molecular weight is 598 g/mol. The molecule has 0 aliphatic carbocycles. The van der Waals surface area contributed by atoms with Crippen LogP contribution in [0.15, 0.2) is 102 Å². The summed E-state index contributed by atoms with van der Waals surface area (Å²) in [6.45, 7) is 0.0577. The molecule has 0 bridgehead atoms. The molecule has 4 aromatic carbocycles. The van der Waals surface area contributed by atoms with E-state index in [1.54, 1.807) is 54.6 Å². The van der Waals surface area contributed by atoms with E-state index in [2.05, 4.69) is 9.44 Å². The number of rotatable bonds is 12. The van der Waals surface area contributed by atoms with Crippen LogP contribution in [0, 0.1) is 10.1 Å². The minimum absolute atomic E-state index is 0.0577. The predicted molar refractivity (Wildman–Crippen MR) is 150 cm³/mol. The van der Waals surface area contributed by atoms with Crippen molar-refractivity contribution in [2.75, 3.05) is 4.72 Å². The summed E-state index contributed by atoms with van der Waals surface area (Å²) in [6, 6.07) is 23.1. The van der Waals surface area contributed by atoms with E-state index in [1.807, 2.05) is 0 Å². The summed E-state index contributed by atoms with van der Waals surface area (Å²) in [5.41, 5.74) is 0.402. The number of anilines is 1. The molecule has 14 heteroatoms. The number of carboxylic acid groups (broad SMARTS) is 1. The Balaban J connectivity index is 1.42. The van der Waals surface area contributed by atoms with Crippen LogP contribution in [0.25, 0.3) is 0 Å². The maximum Gasteiger partial charge on any atom is 0.337 e. The van der Waals surface area contributed by atoms with Gasteiger partial charge in [-0.2, -0.15) is 0 Å². The number of hydrogen-bond acceptors (Lipinski definition) is 8. The van der Waals surface area contributed by atoms with Gasteiger partial charge in [-0.25, -0.2) is 26.4 Å². The van der Waals surface area contributed by atoms with E-state index >= 15 is 0 Å². The first-order valence-corrected chi connectivity index (χ1v) is 15.0. The fourth-order valence-electron chi connectivity index (χ4n) is 3.65. The van der Waals surface area contributed by atoms with Gasteiger partial charge >= 0.3 is 5.97 Å². The van der Waals surface area contributed by atoms with Gasteiger partial charge in [-0.05, 0) is 53.6 Å². The van der Waals surface area contributed by atoms with Crippen LogP contribution in [0.4, 0.5) is 11.4 Å². The Hall–Kier alpha value is -4.79. The van der Waals surface area contributed by atoms with Crippen molar-refractivity contribution < 1.29 is 36.4 Å². The summed E-state index contributed by atoms with van der Waals surface area (Å²) < 4.78 is 60.6. The largest absolute Gasteiger partial charge is 0.478 e. The molecule has 0 spiro atoms. The summed E-state index contributed by atoms with van der Waals surface area (Å²) >= 11 is 0. The summed E-state index contributed by atoms with van der Waals surface area (Å²) in [5.74, 6) is -1.13. The van der Waals surface area contributed by atoms with Crippen LogP contribution < -0.4 is 14.2 Å². The van der Waals surface area contributed by atoms with Crippen molar-refractivity contribution in [1.82, 2.24) is 4.72 Å². The molecule has 3 N–H and O–H groups in total. The lowest BCUT2D eigenvalue weighted by molar-refractivity contribution is -0.384. The number of nitrogens with one attached hydrogen (secondary N) is 2. The third-order valence-electron chi connectivity index (χ3n) is 5.68. The molecule has 41 heavy (non-hydrogen) atoms. The molecule has 0 amide bonds. The fourth-order valence-corrected chi connectivity index (χ4v) is 5.85. The molecule has 0 saturated heterocycles. The molecule has 0 aliphatic heterocycles. The third-order valence-corrected chi connectivity index (χ3v) is 8.36. The Kier molecular flexibility index (Phi) is 8.66. The van der Waals surface area contributed by atoms with Gasteiger partial charge in [0.1, 0.15) is 11.5 Å². The molecule has 0 atom stereocenters. The van der Waals surface area contributed by atoms with E-state index in [4.69, 9.17) is 4.74 Å². The van der Waals surface area contributed by atoms with E-state index < -0.39 is 36.5 Å². The molecule has 0 unspecified atom stereocenters. The van der Waals surface area contributed by atoms with Crippen molar-refractivity contribution in [1.29, 1.82) is 0 Å². The predicted octanol–water partition coefficient (Wildman–Crippen LogP) is 4.51. The van der Waals surface area contributed by atoms with Crippen LogP contribution >= 0.6 is 0 Å². The molecule has 0 aromatic heterocycles. The molecule has 0 radical (unpaired) electrons. The topological polar surface area (TPSA) is 182 Å². The highest BCUT2D eigenvalue weighted by Crippen LogP contribution is 2.29. The second kappa shape index (κ2) is 12.2. The SMILES string of the molecule is O=C(O)c1cc(Oc2ccc(CNS(=O)(=O)Cc3ccccc3)cc2)ccc1NS(=O)(=O)c1ccc([N+](=O)[O-])cc1. The number of hydrogen-bond donors (Lipinski definition) is 3. The van der Waals surface area contributed by atoms with Crippen LogP contribution in [-0.4, -0.2) is 32.8 Å². The highest BCUT2D eigenvalue weighted by atomic mass is 32.2. The fraction of sp³-hybridized carbons (Fsp3) is 0.0741. The molecule has 4 aromatic rings. The Morgan fingerprint density at radius 3 is 2.07 bits per heavy atom. The van der Waals surface area contributed by atoms with Gasteiger partial charge in [0.05, 0.1) is 26.8 Å². The van der Waals surface area contributed by atoms with Crippen molar-refractivity contribution in [3.8, 4) is 11.5 Å². The zero-order valence-corrected chi connectivity index (χ0v) is 22.8. The maximum atomic E-state index is 12.7. The smallest absolute Gasteiger partial charge is 0.337 e. The summed E-state index contributed by atoms with van der Waals surface area (Å²) in [7, 11) is -7.81. The Bertz CT molecular complexity index is 1780. The second-order valence-corrected chi connectivity index (χ2v) is 12.2. The monoisotopic (exact) mass is 597 g/mol. The average Bonchev–Trinajstić information content (AvgIpc) is 2.93. The lowest BCUT2D eigenvalue weighted by Gasteiger charge is -2.13. The maximum absolute atomic E-state index is 12.7. The first-order chi connectivity index (χ1) is 19.4. The van der Waals surface area contributed by atoms with E-state index in [0.29, 0.717) is 16.9 Å². The summed E-state index contributed by atoms with van der Waals surface area (Å²) in [5, 5.41) is 20.5. The number of nitrogens with zero attached hydrogens (tertiary/aromatic N) is 1. The van der Waals surface area contributed by atoms with E-state index in [-0.39, 0.29) is 34.3 Å². The minimum Gasteiger partial charge on any atom is -0.478 e. The molecule has 0 saturated carbocycles. The van der Waals surface area contributed by atoms with Gasteiger partial charge in [0.25, 0.3) is 15.7 Å². The molecule has 0 fully saturated rings. The lowest BCUT2D eigenvalue weighted by Crippen LogP contribution is -2.24. The standard InChI is InChI=1S/C27H23N3O9S2/c31-27(32)25-16-23(12-15-26(25)29-41(37,38)24-13-8-21(9-14-24)30(33)34)39-22-10-6-19(7-11-22)17-28-40(35,36)18-20-4-2-1-3-5-20/h1-16,28-29H,17-18H2,(H,31,32). The molecular weight excluding hydrogens is 574 g/mol. The first kappa shape index (κ1) is 29.2. The number of nitro benzene ring substituents is 1. The highest BCUT2D eigenvalue weighted by molar-refractivity contribution is 7.92. The Morgan fingerprint density at radius 1 is 0.829 bits per heavy atom. The third kappa shape index (κ3) is 7.88. The van der Waals surface area contributed by atoms with Crippen LogP contribution in [0.3, 0.4) is 0 Å². The van der Waals surface area contributed by atoms with E-state index in [1.165, 1.54) is 12.1 Å². The van der Waals surface area contributed by atoms with Gasteiger partial charge in [0.2, 0.25) is 10.0 Å². The molecule has 0 heterocycles. The molecular formula is C27H23N3O9S2. The van der Waals surface area contributed by atoms with Crippen LogP contribution in [-0.2, 0) is 32.3 Å². The van der Waals surface area contributed by atoms with Gasteiger partial charge in [-0.3, -0.25) is 14.8 Å². The normalized spacial score (nSPS) is 11.5. The van der Waals surface area contributed by atoms with Crippen molar-refractivity contribution in [3.63, 3.8) is 0 Å². The second-order valence-electron chi connectivity index (χ2n) is 8.68. The van der Waals surface area contributed by atoms with Crippen LogP contribution in [0.1, 0.15) is 21.5 Å². The summed E-state index contributed by atoms with van der Waals surface area (Å²) in [6.07, 6.45) is 0. The van der Waals surface area contributed by atoms with Crippen LogP contribution in [0.5, 0.6) is 11.5 Å². The van der Waals surface area contributed by atoms with Gasteiger partial charge in [0.15, 0.2) is 0 Å². The number of ether oxygens (including phenoxy) is 1. The zero-order chi connectivity index (χ0) is 29.6. The molecule has 12 nitrogen and oxygen atoms in total.